The van der Waals surface area contributed by atoms with Crippen molar-refractivity contribution in [2.75, 3.05) is 0 Å². The van der Waals surface area contributed by atoms with Gasteiger partial charge >= 0.3 is 11.9 Å². The Bertz CT molecular complexity index is 782. The first kappa shape index (κ1) is 17.5. The highest BCUT2D eigenvalue weighted by molar-refractivity contribution is 6.34. The number of benzene rings is 1. The van der Waals surface area contributed by atoms with Crippen LogP contribution in [-0.2, 0) is 6.18 Å². The third-order valence-corrected chi connectivity index (χ3v) is 3.82. The summed E-state index contributed by atoms with van der Waals surface area (Å²) in [5.41, 5.74) is -2.07. The Balaban J connectivity index is 3.04. The van der Waals surface area contributed by atoms with Crippen LogP contribution in [0.25, 0.3) is 11.0 Å². The summed E-state index contributed by atoms with van der Waals surface area (Å²) >= 11 is 5.73. The lowest BCUT2D eigenvalue weighted by Crippen LogP contribution is -2.10. The van der Waals surface area contributed by atoms with Crippen LogP contribution in [0.4, 0.5) is 18.9 Å². The normalized spacial score (nSPS) is 12.6. The minimum absolute atomic E-state index is 0.0201. The summed E-state index contributed by atoms with van der Waals surface area (Å²) in [7, 11) is 0. The summed E-state index contributed by atoms with van der Waals surface area (Å²) in [5.74, 6) is 0.367. The lowest BCUT2D eigenvalue weighted by molar-refractivity contribution is -0.383. The zero-order valence-electron chi connectivity index (χ0n) is 12.9. The molecule has 0 aliphatic carbocycles. The second-order valence-electron chi connectivity index (χ2n) is 5.80. The Morgan fingerprint density at radius 2 is 1.87 bits per heavy atom. The summed E-state index contributed by atoms with van der Waals surface area (Å²) in [5, 5.41) is 10.5. The van der Waals surface area contributed by atoms with Crippen LogP contribution in [0.2, 0.25) is 5.02 Å². The summed E-state index contributed by atoms with van der Waals surface area (Å²) in [6.45, 7) is 7.20. The van der Waals surface area contributed by atoms with Crippen molar-refractivity contribution < 1.29 is 18.1 Å². The number of aromatic nitrogens is 2. The first-order valence-electron chi connectivity index (χ1n) is 6.92. The van der Waals surface area contributed by atoms with Gasteiger partial charge in [0.1, 0.15) is 16.4 Å². The quantitative estimate of drug-likeness (QED) is 0.556. The van der Waals surface area contributed by atoms with Crippen LogP contribution in [0.5, 0.6) is 0 Å². The standard InChI is InChI=1S/C14H15ClF3N3O2/c1-6(2)13-19-9-5-8(14(16,17)18)10(15)12(21(22)23)11(9)20(13)7(3)4/h5-7H,1-4H3. The van der Waals surface area contributed by atoms with Gasteiger partial charge in [0.2, 0.25) is 0 Å². The minimum atomic E-state index is -4.80. The molecule has 5 nitrogen and oxygen atoms in total. The summed E-state index contributed by atoms with van der Waals surface area (Å²) in [6.07, 6.45) is -4.80. The van der Waals surface area contributed by atoms with Gasteiger partial charge in [-0.1, -0.05) is 25.4 Å². The van der Waals surface area contributed by atoms with Gasteiger partial charge in [-0.15, -0.1) is 0 Å². The van der Waals surface area contributed by atoms with Crippen molar-refractivity contribution in [3.8, 4) is 0 Å². The summed E-state index contributed by atoms with van der Waals surface area (Å²) in [4.78, 5) is 14.7. The molecule has 2 rings (SSSR count). The lowest BCUT2D eigenvalue weighted by Gasteiger charge is -2.16. The Kier molecular flexibility index (Phi) is 4.32. The molecule has 0 fully saturated rings. The smallest absolute Gasteiger partial charge is 0.320 e. The predicted molar refractivity (Wildman–Crippen MR) is 80.9 cm³/mol. The fraction of sp³-hybridized carbons (Fsp3) is 0.500. The summed E-state index contributed by atoms with van der Waals surface area (Å²) in [6, 6.07) is 0.555. The van der Waals surface area contributed by atoms with E-state index in [-0.39, 0.29) is 23.0 Å². The van der Waals surface area contributed by atoms with Gasteiger partial charge in [-0.05, 0) is 19.9 Å². The molecule has 126 valence electrons. The number of hydrogen-bond acceptors (Lipinski definition) is 3. The van der Waals surface area contributed by atoms with Crippen LogP contribution >= 0.6 is 11.6 Å². The molecular weight excluding hydrogens is 335 g/mol. The van der Waals surface area contributed by atoms with Gasteiger partial charge < -0.3 is 4.57 Å². The fourth-order valence-corrected chi connectivity index (χ4v) is 2.86. The van der Waals surface area contributed by atoms with E-state index in [0.717, 1.165) is 6.07 Å². The van der Waals surface area contributed by atoms with Gasteiger partial charge in [0.15, 0.2) is 0 Å². The number of rotatable bonds is 3. The Morgan fingerprint density at radius 3 is 2.26 bits per heavy atom. The van der Waals surface area contributed by atoms with E-state index in [2.05, 4.69) is 4.98 Å². The number of nitro benzene ring substituents is 1. The molecule has 2 aromatic rings. The van der Waals surface area contributed by atoms with Crippen molar-refractivity contribution in [3.63, 3.8) is 0 Å². The monoisotopic (exact) mass is 349 g/mol. The van der Waals surface area contributed by atoms with Gasteiger partial charge in [0.05, 0.1) is 16.0 Å². The highest BCUT2D eigenvalue weighted by atomic mass is 35.5. The van der Waals surface area contributed by atoms with Crippen molar-refractivity contribution in [1.29, 1.82) is 0 Å². The Labute approximate surface area is 135 Å². The Morgan fingerprint density at radius 1 is 1.30 bits per heavy atom. The van der Waals surface area contributed by atoms with Crippen LogP contribution in [-0.4, -0.2) is 14.5 Å². The first-order valence-corrected chi connectivity index (χ1v) is 7.30. The molecule has 0 unspecified atom stereocenters. The first-order chi connectivity index (χ1) is 10.5. The van der Waals surface area contributed by atoms with Gasteiger partial charge in [-0.3, -0.25) is 10.1 Å². The lowest BCUT2D eigenvalue weighted by atomic mass is 10.1. The molecule has 0 bridgehead atoms. The highest BCUT2D eigenvalue weighted by Crippen LogP contribution is 2.44. The fourth-order valence-electron chi connectivity index (χ4n) is 2.54. The van der Waals surface area contributed by atoms with E-state index in [9.17, 15) is 23.3 Å². The maximum atomic E-state index is 13.1. The van der Waals surface area contributed by atoms with E-state index < -0.39 is 27.4 Å². The molecule has 0 aliphatic rings. The van der Waals surface area contributed by atoms with Crippen LogP contribution < -0.4 is 0 Å². The molecule has 0 atom stereocenters. The minimum Gasteiger partial charge on any atom is -0.320 e. The summed E-state index contributed by atoms with van der Waals surface area (Å²) < 4.78 is 40.9. The molecule has 23 heavy (non-hydrogen) atoms. The van der Waals surface area contributed by atoms with Gasteiger partial charge in [0, 0.05) is 12.0 Å². The molecule has 1 aromatic carbocycles. The third-order valence-electron chi connectivity index (χ3n) is 3.44. The van der Waals surface area contributed by atoms with Crippen LogP contribution in [0.1, 0.15) is 51.0 Å². The van der Waals surface area contributed by atoms with Gasteiger partial charge in [-0.2, -0.15) is 13.2 Å². The maximum absolute atomic E-state index is 13.1. The van der Waals surface area contributed by atoms with E-state index in [4.69, 9.17) is 11.6 Å². The van der Waals surface area contributed by atoms with E-state index >= 15 is 0 Å². The Hall–Kier alpha value is -1.83. The number of halogens is 4. The van der Waals surface area contributed by atoms with Gasteiger partial charge in [0.25, 0.3) is 0 Å². The molecule has 0 saturated heterocycles. The molecule has 9 heteroatoms. The molecule has 0 aliphatic heterocycles. The van der Waals surface area contributed by atoms with E-state index in [1.165, 1.54) is 0 Å². The average molecular weight is 350 g/mol. The van der Waals surface area contributed by atoms with Crippen molar-refractivity contribution in [1.82, 2.24) is 9.55 Å². The number of nitro groups is 1. The molecule has 0 N–H and O–H groups in total. The van der Waals surface area contributed by atoms with Crippen LogP contribution in [0.15, 0.2) is 6.07 Å². The van der Waals surface area contributed by atoms with Crippen molar-refractivity contribution in [2.45, 2.75) is 45.8 Å². The largest absolute Gasteiger partial charge is 0.418 e. The van der Waals surface area contributed by atoms with Crippen molar-refractivity contribution in [2.24, 2.45) is 0 Å². The van der Waals surface area contributed by atoms with Crippen molar-refractivity contribution in [3.05, 3.63) is 32.6 Å². The number of imidazole rings is 1. The second kappa shape index (κ2) is 5.67. The average Bonchev–Trinajstić information content (AvgIpc) is 2.75. The van der Waals surface area contributed by atoms with E-state index in [1.807, 2.05) is 13.8 Å². The topological polar surface area (TPSA) is 61.0 Å². The number of nitrogens with zero attached hydrogens (tertiary/aromatic N) is 3. The number of alkyl halides is 3. The molecule has 0 radical (unpaired) electrons. The van der Waals surface area contributed by atoms with E-state index in [1.54, 1.807) is 18.4 Å². The zero-order chi connectivity index (χ0) is 17.7. The third kappa shape index (κ3) is 2.87. The highest BCUT2D eigenvalue weighted by Gasteiger charge is 2.39. The molecular formula is C14H15ClF3N3O2. The molecule has 0 amide bonds. The molecule has 1 aromatic heterocycles. The maximum Gasteiger partial charge on any atom is 0.418 e. The SMILES string of the molecule is CC(C)c1nc2cc(C(F)(F)F)c(Cl)c([N+](=O)[O-])c2n1C(C)C. The number of fused-ring (bicyclic) bond motifs is 1. The molecule has 1 heterocycles. The molecule has 0 spiro atoms. The number of hydrogen-bond donors (Lipinski definition) is 0. The predicted octanol–water partition coefficient (Wildman–Crippen LogP) is 5.32. The zero-order valence-corrected chi connectivity index (χ0v) is 13.7. The van der Waals surface area contributed by atoms with Crippen molar-refractivity contribution >= 4 is 28.3 Å². The molecule has 0 saturated carbocycles. The van der Waals surface area contributed by atoms with Crippen LogP contribution in [0.3, 0.4) is 0 Å². The van der Waals surface area contributed by atoms with E-state index in [0.29, 0.717) is 5.82 Å². The van der Waals surface area contributed by atoms with Gasteiger partial charge in [-0.25, -0.2) is 4.98 Å². The second-order valence-corrected chi connectivity index (χ2v) is 6.18. The van der Waals surface area contributed by atoms with Crippen LogP contribution in [0, 0.1) is 10.1 Å².